The fourth-order valence-electron chi connectivity index (χ4n) is 3.67. The van der Waals surface area contributed by atoms with Gasteiger partial charge in [-0.15, -0.1) is 0 Å². The third kappa shape index (κ3) is 7.77. The Morgan fingerprint density at radius 3 is 2.08 bits per heavy atom. The Hall–Kier alpha value is -1.56. The zero-order chi connectivity index (χ0) is 18.5. The van der Waals surface area contributed by atoms with Gasteiger partial charge in [-0.1, -0.05) is 82.0 Å². The SMILES string of the molecule is CCCCCc1ccc(CCCCc2[c]cccc2)c(CCCCC)c1. The summed E-state index contributed by atoms with van der Waals surface area (Å²) in [4.78, 5) is 0. The van der Waals surface area contributed by atoms with Crippen LogP contribution in [0.4, 0.5) is 0 Å². The van der Waals surface area contributed by atoms with Crippen LogP contribution < -0.4 is 0 Å². The second kappa shape index (κ2) is 12.7. The average Bonchev–Trinajstić information content (AvgIpc) is 2.68. The fraction of sp³-hybridized carbons (Fsp3) is 0.538. The molecule has 0 bridgehead atoms. The van der Waals surface area contributed by atoms with E-state index in [4.69, 9.17) is 0 Å². The molecule has 0 unspecified atom stereocenters. The first-order valence-electron chi connectivity index (χ1n) is 10.9. The molecule has 141 valence electrons. The summed E-state index contributed by atoms with van der Waals surface area (Å²) >= 11 is 0. The van der Waals surface area contributed by atoms with Gasteiger partial charge in [-0.3, -0.25) is 0 Å². The number of rotatable bonds is 13. The second-order valence-electron chi connectivity index (χ2n) is 7.61. The summed E-state index contributed by atoms with van der Waals surface area (Å²) in [6.45, 7) is 4.58. The highest BCUT2D eigenvalue weighted by atomic mass is 14.1. The minimum atomic E-state index is 1.15. The van der Waals surface area contributed by atoms with Crippen molar-refractivity contribution in [1.29, 1.82) is 0 Å². The first-order valence-corrected chi connectivity index (χ1v) is 10.9. The van der Waals surface area contributed by atoms with Gasteiger partial charge in [0, 0.05) is 0 Å². The van der Waals surface area contributed by atoms with Gasteiger partial charge in [0.05, 0.1) is 0 Å². The van der Waals surface area contributed by atoms with E-state index in [9.17, 15) is 0 Å². The minimum Gasteiger partial charge on any atom is -0.0654 e. The standard InChI is InChI=1S/C26H37/c1-3-5-8-17-24-20-21-25(26(22-24)19-9-6-4-2)18-13-12-16-23-14-10-7-11-15-23/h7,10-11,14,20-22H,3-6,8-9,12-13,16-19H2,1-2H3. The van der Waals surface area contributed by atoms with Crippen LogP contribution in [-0.2, 0) is 25.7 Å². The Morgan fingerprint density at radius 1 is 0.654 bits per heavy atom. The third-order valence-corrected chi connectivity index (χ3v) is 5.31. The molecule has 0 aliphatic rings. The zero-order valence-electron chi connectivity index (χ0n) is 17.0. The molecule has 0 heterocycles. The summed E-state index contributed by atoms with van der Waals surface area (Å²) in [6.07, 6.45) is 15.4. The molecule has 1 radical (unpaired) electrons. The van der Waals surface area contributed by atoms with Gasteiger partial charge in [0.15, 0.2) is 0 Å². The van der Waals surface area contributed by atoms with Crippen molar-refractivity contribution in [2.45, 2.75) is 90.9 Å². The summed E-state index contributed by atoms with van der Waals surface area (Å²) in [5, 5.41) is 0. The Labute approximate surface area is 162 Å². The van der Waals surface area contributed by atoms with E-state index in [0.29, 0.717) is 0 Å². The predicted molar refractivity (Wildman–Crippen MR) is 115 cm³/mol. The summed E-state index contributed by atoms with van der Waals surface area (Å²) < 4.78 is 0. The molecule has 0 spiro atoms. The zero-order valence-corrected chi connectivity index (χ0v) is 17.0. The third-order valence-electron chi connectivity index (χ3n) is 5.31. The van der Waals surface area contributed by atoms with Crippen LogP contribution in [0.1, 0.15) is 87.5 Å². The molecule has 0 nitrogen and oxygen atoms in total. The molecule has 0 atom stereocenters. The average molecular weight is 350 g/mol. The molecular formula is C26H37. The molecule has 0 heteroatoms. The molecule has 0 aromatic heterocycles. The van der Waals surface area contributed by atoms with E-state index in [1.807, 2.05) is 12.1 Å². The van der Waals surface area contributed by atoms with Gasteiger partial charge in [0.2, 0.25) is 0 Å². The van der Waals surface area contributed by atoms with E-state index in [-0.39, 0.29) is 0 Å². The summed E-state index contributed by atoms with van der Waals surface area (Å²) in [5.41, 5.74) is 6.12. The molecule has 2 aromatic carbocycles. The van der Waals surface area contributed by atoms with Gasteiger partial charge in [-0.05, 0) is 79.7 Å². The number of hydrogen-bond acceptors (Lipinski definition) is 0. The van der Waals surface area contributed by atoms with Gasteiger partial charge < -0.3 is 0 Å². The lowest BCUT2D eigenvalue weighted by Crippen LogP contribution is -1.99. The fourth-order valence-corrected chi connectivity index (χ4v) is 3.67. The number of benzene rings is 2. The van der Waals surface area contributed by atoms with Crippen molar-refractivity contribution in [2.24, 2.45) is 0 Å². The molecule has 0 aliphatic heterocycles. The quantitative estimate of drug-likeness (QED) is 0.328. The lowest BCUT2D eigenvalue weighted by molar-refractivity contribution is 0.694. The monoisotopic (exact) mass is 349 g/mol. The molecule has 0 aliphatic carbocycles. The number of aryl methyl sites for hydroxylation is 4. The van der Waals surface area contributed by atoms with Crippen LogP contribution >= 0.6 is 0 Å². The molecule has 0 saturated heterocycles. The normalized spacial score (nSPS) is 11.0. The summed E-state index contributed by atoms with van der Waals surface area (Å²) in [6, 6.07) is 19.1. The molecule has 26 heavy (non-hydrogen) atoms. The van der Waals surface area contributed by atoms with E-state index in [1.165, 1.54) is 76.2 Å². The highest BCUT2D eigenvalue weighted by Gasteiger charge is 2.05. The highest BCUT2D eigenvalue weighted by molar-refractivity contribution is 5.32. The van der Waals surface area contributed by atoms with Gasteiger partial charge in [-0.25, -0.2) is 0 Å². The van der Waals surface area contributed by atoms with Crippen molar-refractivity contribution in [3.63, 3.8) is 0 Å². The van der Waals surface area contributed by atoms with Crippen LogP contribution in [0, 0.1) is 6.07 Å². The van der Waals surface area contributed by atoms with E-state index in [2.05, 4.69) is 50.2 Å². The number of unbranched alkanes of at least 4 members (excludes halogenated alkanes) is 5. The first-order chi connectivity index (χ1) is 12.8. The summed E-state index contributed by atoms with van der Waals surface area (Å²) in [7, 11) is 0. The van der Waals surface area contributed by atoms with E-state index in [1.54, 1.807) is 16.7 Å². The Morgan fingerprint density at radius 2 is 1.35 bits per heavy atom. The largest absolute Gasteiger partial charge is 0.0654 e. The van der Waals surface area contributed by atoms with Gasteiger partial charge in [-0.2, -0.15) is 0 Å². The maximum Gasteiger partial charge on any atom is -0.0149 e. The molecule has 2 rings (SSSR count). The maximum atomic E-state index is 3.34. The van der Waals surface area contributed by atoms with Gasteiger partial charge in [0.25, 0.3) is 0 Å². The van der Waals surface area contributed by atoms with Crippen LogP contribution in [0.5, 0.6) is 0 Å². The van der Waals surface area contributed by atoms with Crippen molar-refractivity contribution in [3.05, 3.63) is 70.8 Å². The predicted octanol–water partition coefficient (Wildman–Crippen LogP) is 7.52. The molecular weight excluding hydrogens is 312 g/mol. The lowest BCUT2D eigenvalue weighted by atomic mass is 9.93. The summed E-state index contributed by atoms with van der Waals surface area (Å²) in [5.74, 6) is 0. The Kier molecular flexibility index (Phi) is 10.2. The van der Waals surface area contributed by atoms with Crippen LogP contribution in [0.15, 0.2) is 42.5 Å². The van der Waals surface area contributed by atoms with Crippen molar-refractivity contribution in [3.8, 4) is 0 Å². The van der Waals surface area contributed by atoms with E-state index >= 15 is 0 Å². The van der Waals surface area contributed by atoms with Crippen LogP contribution in [-0.4, -0.2) is 0 Å². The van der Waals surface area contributed by atoms with Crippen molar-refractivity contribution >= 4 is 0 Å². The van der Waals surface area contributed by atoms with Crippen molar-refractivity contribution < 1.29 is 0 Å². The van der Waals surface area contributed by atoms with Gasteiger partial charge in [0.1, 0.15) is 0 Å². The second-order valence-corrected chi connectivity index (χ2v) is 7.61. The topological polar surface area (TPSA) is 0 Å². The Bertz CT molecular complexity index is 597. The highest BCUT2D eigenvalue weighted by Crippen LogP contribution is 2.20. The molecule has 0 N–H and O–H groups in total. The maximum absolute atomic E-state index is 3.34. The van der Waals surface area contributed by atoms with E-state index in [0.717, 1.165) is 6.42 Å². The number of hydrogen-bond donors (Lipinski definition) is 0. The Balaban J connectivity index is 1.89. The smallest absolute Gasteiger partial charge is 0.0149 e. The molecule has 0 amide bonds. The van der Waals surface area contributed by atoms with E-state index < -0.39 is 0 Å². The van der Waals surface area contributed by atoms with Crippen molar-refractivity contribution in [1.82, 2.24) is 0 Å². The van der Waals surface area contributed by atoms with Crippen LogP contribution in [0.2, 0.25) is 0 Å². The first kappa shape index (κ1) is 20.7. The van der Waals surface area contributed by atoms with Crippen LogP contribution in [0.25, 0.3) is 0 Å². The van der Waals surface area contributed by atoms with Gasteiger partial charge >= 0.3 is 0 Å². The van der Waals surface area contributed by atoms with Crippen LogP contribution in [0.3, 0.4) is 0 Å². The molecule has 2 aromatic rings. The van der Waals surface area contributed by atoms with Crippen molar-refractivity contribution in [2.75, 3.05) is 0 Å². The lowest BCUT2D eigenvalue weighted by Gasteiger charge is -2.12. The molecule has 0 saturated carbocycles. The minimum absolute atomic E-state index is 1.15. The molecule has 0 fully saturated rings.